The van der Waals surface area contributed by atoms with Crippen LogP contribution < -0.4 is 4.30 Å². The van der Waals surface area contributed by atoms with Gasteiger partial charge in [-0.3, -0.25) is 4.99 Å². The fourth-order valence-corrected chi connectivity index (χ4v) is 5.73. The van der Waals surface area contributed by atoms with Crippen LogP contribution in [0, 0.1) is 0 Å². The first kappa shape index (κ1) is 25.7. The van der Waals surface area contributed by atoms with Gasteiger partial charge in [0.1, 0.15) is 0 Å². The van der Waals surface area contributed by atoms with Gasteiger partial charge in [-0.15, -0.1) is 0 Å². The molecule has 0 radical (unpaired) electrons. The Balaban J connectivity index is 1.47. The van der Waals surface area contributed by atoms with Crippen LogP contribution in [-0.4, -0.2) is 21.3 Å². The minimum Gasteiger partial charge on any atom is -0.456 e. The summed E-state index contributed by atoms with van der Waals surface area (Å²) in [5.74, 6) is 0. The van der Waals surface area contributed by atoms with E-state index in [1.807, 2.05) is 115 Å². The van der Waals surface area contributed by atoms with Crippen LogP contribution >= 0.6 is 0 Å². The van der Waals surface area contributed by atoms with Crippen LogP contribution in [0.25, 0.3) is 0 Å². The van der Waals surface area contributed by atoms with Gasteiger partial charge >= 0.3 is 15.0 Å². The van der Waals surface area contributed by atoms with Gasteiger partial charge in [0.25, 0.3) is 0 Å². The third-order valence-corrected chi connectivity index (χ3v) is 7.61. The third kappa shape index (κ3) is 7.29. The SMILES string of the molecule is C(=Nc1ccccc1)c1ccccc1C([O][Al]([NH]c1ccccc1)[O]Cc1ccccc1)c1ccccc1. The molecule has 0 saturated heterocycles. The smallest absolute Gasteiger partial charge is 0.456 e. The summed E-state index contributed by atoms with van der Waals surface area (Å²) >= 11 is -2.42. The molecular formula is C33H29AlN2O2. The second kappa shape index (κ2) is 13.5. The summed E-state index contributed by atoms with van der Waals surface area (Å²) in [5.41, 5.74) is 6.08. The van der Waals surface area contributed by atoms with Gasteiger partial charge in [0.2, 0.25) is 0 Å². The average molecular weight is 513 g/mol. The fourth-order valence-electron chi connectivity index (χ4n) is 4.14. The molecule has 5 heteroatoms. The van der Waals surface area contributed by atoms with Crippen molar-refractivity contribution in [3.05, 3.63) is 168 Å². The molecule has 186 valence electrons. The first-order chi connectivity index (χ1) is 18.8. The zero-order chi connectivity index (χ0) is 25.8. The van der Waals surface area contributed by atoms with Gasteiger partial charge in [-0.2, -0.15) is 0 Å². The Kier molecular flexibility index (Phi) is 9.14. The second-order valence-corrected chi connectivity index (χ2v) is 10.3. The van der Waals surface area contributed by atoms with E-state index in [1.165, 1.54) is 0 Å². The molecule has 0 fully saturated rings. The molecule has 1 atom stereocenters. The molecule has 0 aliphatic rings. The Morgan fingerprint density at radius 1 is 0.658 bits per heavy atom. The first-order valence-electron chi connectivity index (χ1n) is 12.7. The van der Waals surface area contributed by atoms with Crippen LogP contribution in [0.5, 0.6) is 0 Å². The van der Waals surface area contributed by atoms with E-state index in [2.05, 4.69) is 40.7 Å². The van der Waals surface area contributed by atoms with Crippen LogP contribution in [0.3, 0.4) is 0 Å². The van der Waals surface area contributed by atoms with Gasteiger partial charge in [-0.05, 0) is 46.5 Å². The summed E-state index contributed by atoms with van der Waals surface area (Å²) < 4.78 is 16.9. The number of nitrogens with zero attached hydrogens (tertiary/aromatic N) is 1. The van der Waals surface area contributed by atoms with Crippen molar-refractivity contribution in [2.75, 3.05) is 4.30 Å². The quantitative estimate of drug-likeness (QED) is 0.145. The van der Waals surface area contributed by atoms with Crippen LogP contribution in [0.1, 0.15) is 28.4 Å². The standard InChI is InChI=1S/C20H16NO.C7H7O.C6H6N.Al/c22-20(16-9-3-1-4-10-16)19-14-8-7-11-17(19)15-21-18-12-5-2-6-13-18;8-6-7-4-2-1-3-5-7;7-6-4-2-1-3-5-6;/h1-15,20H;1-5H,6H2;1-5,7H;/q3*-1;+3. The predicted molar refractivity (Wildman–Crippen MR) is 157 cm³/mol. The molecule has 5 aromatic carbocycles. The Morgan fingerprint density at radius 3 is 1.95 bits per heavy atom. The monoisotopic (exact) mass is 512 g/mol. The van der Waals surface area contributed by atoms with Gasteiger partial charge in [0.15, 0.2) is 0 Å². The summed E-state index contributed by atoms with van der Waals surface area (Å²) in [5, 5.41) is 0. The minimum absolute atomic E-state index is 0.335. The van der Waals surface area contributed by atoms with Crippen molar-refractivity contribution in [3.63, 3.8) is 0 Å². The molecule has 0 saturated carbocycles. The Hall–Kier alpha value is -3.98. The van der Waals surface area contributed by atoms with Crippen LogP contribution in [-0.2, 0) is 14.2 Å². The van der Waals surface area contributed by atoms with Crippen molar-refractivity contribution >= 4 is 32.6 Å². The lowest BCUT2D eigenvalue weighted by Crippen LogP contribution is -2.34. The Labute approximate surface area is 229 Å². The van der Waals surface area contributed by atoms with Crippen LogP contribution in [0.2, 0.25) is 0 Å². The van der Waals surface area contributed by atoms with Crippen molar-refractivity contribution in [2.45, 2.75) is 12.7 Å². The maximum Gasteiger partial charge on any atom is 0.847 e. The molecule has 5 aromatic rings. The highest BCUT2D eigenvalue weighted by Crippen LogP contribution is 2.30. The number of rotatable bonds is 11. The Bertz CT molecular complexity index is 1420. The maximum absolute atomic E-state index is 6.88. The zero-order valence-corrected chi connectivity index (χ0v) is 22.2. The summed E-state index contributed by atoms with van der Waals surface area (Å²) in [6.07, 6.45) is 1.58. The summed E-state index contributed by atoms with van der Waals surface area (Å²) in [7, 11) is 0. The summed E-state index contributed by atoms with van der Waals surface area (Å²) in [6.45, 7) is 0.468. The third-order valence-electron chi connectivity index (χ3n) is 6.05. The van der Waals surface area contributed by atoms with Crippen molar-refractivity contribution in [2.24, 2.45) is 4.99 Å². The molecule has 0 aliphatic heterocycles. The van der Waals surface area contributed by atoms with E-state index >= 15 is 0 Å². The number of nitrogens with one attached hydrogen (secondary N) is 1. The molecule has 5 rings (SSSR count). The number of anilines is 1. The number of benzene rings is 5. The number of hydrogen-bond donors (Lipinski definition) is 1. The predicted octanol–water partition coefficient (Wildman–Crippen LogP) is 7.86. The molecule has 0 bridgehead atoms. The molecule has 4 nitrogen and oxygen atoms in total. The van der Waals surface area contributed by atoms with Gasteiger partial charge in [0, 0.05) is 18.5 Å². The van der Waals surface area contributed by atoms with Gasteiger partial charge in [-0.25, -0.2) is 0 Å². The van der Waals surface area contributed by atoms with E-state index in [0.29, 0.717) is 6.61 Å². The Morgan fingerprint density at radius 2 is 1.24 bits per heavy atom. The number of para-hydroxylation sites is 2. The van der Waals surface area contributed by atoms with E-state index in [0.717, 1.165) is 33.6 Å². The van der Waals surface area contributed by atoms with E-state index in [1.54, 1.807) is 0 Å². The normalized spacial score (nSPS) is 11.8. The molecular weight excluding hydrogens is 483 g/mol. The van der Waals surface area contributed by atoms with E-state index in [4.69, 9.17) is 12.6 Å². The minimum atomic E-state index is -2.42. The molecule has 1 N–H and O–H groups in total. The van der Waals surface area contributed by atoms with Crippen molar-refractivity contribution < 1.29 is 7.58 Å². The maximum atomic E-state index is 6.88. The van der Waals surface area contributed by atoms with Crippen molar-refractivity contribution in [3.8, 4) is 0 Å². The summed E-state index contributed by atoms with van der Waals surface area (Å²) in [6, 6.07) is 48.8. The van der Waals surface area contributed by atoms with Crippen LogP contribution in [0.15, 0.2) is 151 Å². The fraction of sp³-hybridized carbons (Fsp3) is 0.0606. The highest BCUT2D eigenvalue weighted by atomic mass is 27.2. The van der Waals surface area contributed by atoms with Crippen molar-refractivity contribution in [1.82, 2.24) is 0 Å². The lowest BCUT2D eigenvalue weighted by Gasteiger charge is -2.25. The van der Waals surface area contributed by atoms with Gasteiger partial charge < -0.3 is 11.9 Å². The topological polar surface area (TPSA) is 42.8 Å². The lowest BCUT2D eigenvalue weighted by atomic mass is 9.97. The molecule has 0 heterocycles. The average Bonchev–Trinajstić information content (AvgIpc) is 3.00. The summed E-state index contributed by atoms with van der Waals surface area (Å²) in [4.78, 5) is 4.72. The first-order valence-corrected chi connectivity index (χ1v) is 14.2. The van der Waals surface area contributed by atoms with E-state index in [9.17, 15) is 0 Å². The zero-order valence-electron chi connectivity index (χ0n) is 21.1. The molecule has 0 aliphatic carbocycles. The van der Waals surface area contributed by atoms with E-state index < -0.39 is 15.0 Å². The molecule has 38 heavy (non-hydrogen) atoms. The molecule has 0 aromatic heterocycles. The second-order valence-electron chi connectivity index (χ2n) is 8.79. The highest BCUT2D eigenvalue weighted by molar-refractivity contribution is 6.49. The highest BCUT2D eigenvalue weighted by Gasteiger charge is 2.34. The van der Waals surface area contributed by atoms with Gasteiger partial charge in [-0.1, -0.05) is 121 Å². The number of aliphatic imine (C=N–C) groups is 1. The van der Waals surface area contributed by atoms with Crippen molar-refractivity contribution in [1.29, 1.82) is 0 Å². The van der Waals surface area contributed by atoms with Gasteiger partial charge in [0.05, 0.1) is 11.8 Å². The lowest BCUT2D eigenvalue weighted by molar-refractivity contribution is 0.158. The molecule has 0 amide bonds. The number of hydrogen-bond acceptors (Lipinski definition) is 4. The molecule has 1 unspecified atom stereocenters. The van der Waals surface area contributed by atoms with E-state index in [-0.39, 0.29) is 6.10 Å². The molecule has 0 spiro atoms. The van der Waals surface area contributed by atoms with Crippen LogP contribution in [0.4, 0.5) is 11.4 Å². The largest absolute Gasteiger partial charge is 0.847 e.